The predicted octanol–water partition coefficient (Wildman–Crippen LogP) is -0.973. The summed E-state index contributed by atoms with van der Waals surface area (Å²) in [5.74, 6) is -0.216. The minimum Gasteiger partial charge on any atom is -0.388 e. The first-order valence-electron chi connectivity index (χ1n) is 4.89. The summed E-state index contributed by atoms with van der Waals surface area (Å²) in [6, 6.07) is -1.36. The summed E-state index contributed by atoms with van der Waals surface area (Å²) in [6.07, 6.45) is 0.558. The van der Waals surface area contributed by atoms with Crippen molar-refractivity contribution in [3.63, 3.8) is 0 Å². The highest BCUT2D eigenvalue weighted by Crippen LogP contribution is 2.20. The lowest BCUT2D eigenvalue weighted by Crippen LogP contribution is -2.48. The van der Waals surface area contributed by atoms with Crippen molar-refractivity contribution in [1.82, 2.24) is 10.2 Å². The van der Waals surface area contributed by atoms with Gasteiger partial charge in [0, 0.05) is 13.1 Å². The van der Waals surface area contributed by atoms with E-state index in [0.29, 0.717) is 19.5 Å². The SMILES string of the molecule is CC(NC(N)=O)C(=O)N1CCC(C)(O)C1. The molecule has 1 saturated heterocycles. The van der Waals surface area contributed by atoms with Gasteiger partial charge >= 0.3 is 6.03 Å². The molecule has 6 nitrogen and oxygen atoms in total. The lowest BCUT2D eigenvalue weighted by atomic mass is 10.1. The number of nitrogens with two attached hydrogens (primary N) is 1. The molecule has 1 fully saturated rings. The fourth-order valence-electron chi connectivity index (χ4n) is 1.68. The molecule has 2 atom stereocenters. The zero-order valence-electron chi connectivity index (χ0n) is 8.99. The number of amides is 3. The predicted molar refractivity (Wildman–Crippen MR) is 54.0 cm³/mol. The number of primary amides is 1. The zero-order valence-corrected chi connectivity index (χ0v) is 8.99. The highest BCUT2D eigenvalue weighted by atomic mass is 16.3. The van der Waals surface area contributed by atoms with Crippen LogP contribution in [0, 0.1) is 0 Å². The first kappa shape index (κ1) is 11.8. The van der Waals surface area contributed by atoms with E-state index in [2.05, 4.69) is 5.32 Å². The summed E-state index contributed by atoms with van der Waals surface area (Å²) < 4.78 is 0. The number of likely N-dealkylation sites (tertiary alicyclic amines) is 1. The van der Waals surface area contributed by atoms with E-state index in [9.17, 15) is 14.7 Å². The maximum atomic E-state index is 11.7. The molecule has 0 bridgehead atoms. The minimum atomic E-state index is -0.817. The molecule has 6 heteroatoms. The summed E-state index contributed by atoms with van der Waals surface area (Å²) in [5.41, 5.74) is 4.10. The van der Waals surface area contributed by atoms with Gasteiger partial charge in [-0.2, -0.15) is 0 Å². The Morgan fingerprint density at radius 1 is 1.60 bits per heavy atom. The van der Waals surface area contributed by atoms with Gasteiger partial charge in [-0.1, -0.05) is 0 Å². The third-order valence-electron chi connectivity index (χ3n) is 2.49. The molecule has 1 aliphatic rings. The standard InChI is InChI=1S/C9H17N3O3/c1-6(11-8(10)14)7(13)12-4-3-9(2,15)5-12/h6,15H,3-5H2,1-2H3,(H3,10,11,14). The van der Waals surface area contributed by atoms with Crippen LogP contribution in [0.5, 0.6) is 0 Å². The number of nitrogens with one attached hydrogen (secondary N) is 1. The van der Waals surface area contributed by atoms with Crippen molar-refractivity contribution in [2.24, 2.45) is 5.73 Å². The molecule has 2 unspecified atom stereocenters. The zero-order chi connectivity index (χ0) is 11.6. The summed E-state index contributed by atoms with van der Waals surface area (Å²) in [5, 5.41) is 12.0. The van der Waals surface area contributed by atoms with Crippen molar-refractivity contribution < 1.29 is 14.7 Å². The summed E-state index contributed by atoms with van der Waals surface area (Å²) in [7, 11) is 0. The molecular formula is C9H17N3O3. The molecular weight excluding hydrogens is 198 g/mol. The quantitative estimate of drug-likeness (QED) is 0.552. The number of carbonyl (C=O) groups excluding carboxylic acids is 2. The van der Waals surface area contributed by atoms with E-state index in [-0.39, 0.29) is 5.91 Å². The number of aliphatic hydroxyl groups is 1. The maximum Gasteiger partial charge on any atom is 0.312 e. The molecule has 86 valence electrons. The molecule has 0 aromatic carbocycles. The molecule has 4 N–H and O–H groups in total. The summed E-state index contributed by atoms with van der Waals surface area (Å²) >= 11 is 0. The molecule has 1 heterocycles. The Labute approximate surface area is 88.4 Å². The highest BCUT2D eigenvalue weighted by Gasteiger charge is 2.35. The van der Waals surface area contributed by atoms with Crippen LogP contribution in [0.4, 0.5) is 4.79 Å². The van der Waals surface area contributed by atoms with Crippen LogP contribution in [0.15, 0.2) is 0 Å². The Morgan fingerprint density at radius 3 is 2.60 bits per heavy atom. The van der Waals surface area contributed by atoms with Gasteiger partial charge in [0.25, 0.3) is 0 Å². The van der Waals surface area contributed by atoms with Crippen molar-refractivity contribution >= 4 is 11.9 Å². The number of nitrogens with zero attached hydrogens (tertiary/aromatic N) is 1. The fourth-order valence-corrected chi connectivity index (χ4v) is 1.68. The van der Waals surface area contributed by atoms with E-state index in [4.69, 9.17) is 5.73 Å². The Balaban J connectivity index is 2.51. The lowest BCUT2D eigenvalue weighted by molar-refractivity contribution is -0.132. The van der Waals surface area contributed by atoms with Gasteiger partial charge in [0.2, 0.25) is 5.91 Å². The third kappa shape index (κ3) is 3.09. The number of hydrogen-bond donors (Lipinski definition) is 3. The van der Waals surface area contributed by atoms with Crippen LogP contribution in [0.3, 0.4) is 0 Å². The number of hydrogen-bond acceptors (Lipinski definition) is 3. The van der Waals surface area contributed by atoms with Crippen molar-refractivity contribution in [3.8, 4) is 0 Å². The Morgan fingerprint density at radius 2 is 2.20 bits per heavy atom. The van der Waals surface area contributed by atoms with Crippen LogP contribution in [0.2, 0.25) is 0 Å². The lowest BCUT2D eigenvalue weighted by Gasteiger charge is -2.22. The third-order valence-corrected chi connectivity index (χ3v) is 2.49. The van der Waals surface area contributed by atoms with Crippen molar-refractivity contribution in [2.45, 2.75) is 31.9 Å². The van der Waals surface area contributed by atoms with Gasteiger partial charge in [0.15, 0.2) is 0 Å². The second kappa shape index (κ2) is 4.06. The molecule has 15 heavy (non-hydrogen) atoms. The van der Waals surface area contributed by atoms with Crippen LogP contribution in [-0.4, -0.2) is 46.7 Å². The Hall–Kier alpha value is -1.30. The molecule has 0 aromatic rings. The Bertz CT molecular complexity index is 278. The van der Waals surface area contributed by atoms with Crippen LogP contribution >= 0.6 is 0 Å². The average molecular weight is 215 g/mol. The summed E-state index contributed by atoms with van der Waals surface area (Å²) in [4.78, 5) is 23.8. The first-order chi connectivity index (χ1) is 6.82. The van der Waals surface area contributed by atoms with Crippen LogP contribution in [-0.2, 0) is 4.79 Å². The molecule has 0 radical (unpaired) electrons. The fraction of sp³-hybridized carbons (Fsp3) is 0.778. The average Bonchev–Trinajstić information content (AvgIpc) is 2.43. The number of β-amino-alcohol motifs (C(OH)–C–C–N with tert-alkyl or cyclic N) is 1. The molecule has 1 rings (SSSR count). The van der Waals surface area contributed by atoms with E-state index >= 15 is 0 Å². The second-order valence-corrected chi connectivity index (χ2v) is 4.24. The van der Waals surface area contributed by atoms with Crippen molar-refractivity contribution in [1.29, 1.82) is 0 Å². The van der Waals surface area contributed by atoms with E-state index < -0.39 is 17.7 Å². The molecule has 0 aliphatic carbocycles. The van der Waals surface area contributed by atoms with Crippen LogP contribution in [0.1, 0.15) is 20.3 Å². The van der Waals surface area contributed by atoms with E-state index in [1.807, 2.05) is 0 Å². The molecule has 0 saturated carbocycles. The van der Waals surface area contributed by atoms with Crippen molar-refractivity contribution in [2.75, 3.05) is 13.1 Å². The minimum absolute atomic E-state index is 0.216. The molecule has 1 aliphatic heterocycles. The van der Waals surface area contributed by atoms with Gasteiger partial charge < -0.3 is 21.1 Å². The number of carbonyl (C=O) groups is 2. The van der Waals surface area contributed by atoms with Crippen LogP contribution in [0.25, 0.3) is 0 Å². The smallest absolute Gasteiger partial charge is 0.312 e. The van der Waals surface area contributed by atoms with Gasteiger partial charge in [-0.05, 0) is 20.3 Å². The van der Waals surface area contributed by atoms with E-state index in [0.717, 1.165) is 0 Å². The van der Waals surface area contributed by atoms with Crippen molar-refractivity contribution in [3.05, 3.63) is 0 Å². The number of rotatable bonds is 2. The van der Waals surface area contributed by atoms with Gasteiger partial charge in [-0.25, -0.2) is 4.79 Å². The molecule has 0 aromatic heterocycles. The second-order valence-electron chi connectivity index (χ2n) is 4.24. The van der Waals surface area contributed by atoms with Gasteiger partial charge in [0.1, 0.15) is 6.04 Å². The van der Waals surface area contributed by atoms with Gasteiger partial charge in [-0.15, -0.1) is 0 Å². The molecule has 0 spiro atoms. The first-order valence-corrected chi connectivity index (χ1v) is 4.89. The van der Waals surface area contributed by atoms with E-state index in [1.54, 1.807) is 13.8 Å². The molecule has 3 amide bonds. The normalized spacial score (nSPS) is 27.5. The van der Waals surface area contributed by atoms with Crippen LogP contribution < -0.4 is 11.1 Å². The monoisotopic (exact) mass is 215 g/mol. The highest BCUT2D eigenvalue weighted by molar-refractivity contribution is 5.86. The Kier molecular flexibility index (Phi) is 3.18. The van der Waals surface area contributed by atoms with Gasteiger partial charge in [-0.3, -0.25) is 4.79 Å². The maximum absolute atomic E-state index is 11.7. The summed E-state index contributed by atoms with van der Waals surface area (Å²) in [6.45, 7) is 4.07. The largest absolute Gasteiger partial charge is 0.388 e. The van der Waals surface area contributed by atoms with E-state index in [1.165, 1.54) is 4.90 Å². The topological polar surface area (TPSA) is 95.7 Å². The van der Waals surface area contributed by atoms with Gasteiger partial charge in [0.05, 0.1) is 5.60 Å². The number of urea groups is 1.